The van der Waals surface area contributed by atoms with Gasteiger partial charge in [0.25, 0.3) is 0 Å². The fraction of sp³-hybridized carbons (Fsp3) is 0.333. The fourth-order valence-electron chi connectivity index (χ4n) is 2.64. The molecule has 3 rings (SSSR count). The molecule has 1 fully saturated rings. The van der Waals surface area contributed by atoms with E-state index >= 15 is 0 Å². The van der Waals surface area contributed by atoms with Crippen LogP contribution in [-0.2, 0) is 17.3 Å². The largest absolute Gasteiger partial charge is 0.320 e. The van der Waals surface area contributed by atoms with E-state index in [-0.39, 0.29) is 11.3 Å². The van der Waals surface area contributed by atoms with Crippen molar-refractivity contribution in [3.05, 3.63) is 48.3 Å². The number of aromatic nitrogens is 2. The van der Waals surface area contributed by atoms with Crippen molar-refractivity contribution in [2.75, 3.05) is 5.32 Å². The summed E-state index contributed by atoms with van der Waals surface area (Å²) in [6.45, 7) is 0. The summed E-state index contributed by atoms with van der Waals surface area (Å²) in [6, 6.07) is 10.0. The Labute approximate surface area is 112 Å². The van der Waals surface area contributed by atoms with Gasteiger partial charge in [0.05, 0.1) is 5.41 Å². The number of anilines is 1. The van der Waals surface area contributed by atoms with Gasteiger partial charge < -0.3 is 4.57 Å². The number of carbonyl (C=O) groups excluding carboxylic acids is 1. The molecule has 1 saturated carbocycles. The van der Waals surface area contributed by atoms with Crippen molar-refractivity contribution < 1.29 is 4.79 Å². The van der Waals surface area contributed by atoms with Crippen molar-refractivity contribution >= 4 is 11.9 Å². The highest BCUT2D eigenvalue weighted by molar-refractivity contribution is 5.98. The molecular formula is C15H17N3O. The van der Waals surface area contributed by atoms with E-state index in [4.69, 9.17) is 0 Å². The second-order valence-electron chi connectivity index (χ2n) is 5.12. The van der Waals surface area contributed by atoms with Gasteiger partial charge in [0.15, 0.2) is 0 Å². The molecule has 1 aliphatic rings. The van der Waals surface area contributed by atoms with E-state index in [1.165, 1.54) is 0 Å². The molecule has 19 heavy (non-hydrogen) atoms. The van der Waals surface area contributed by atoms with Gasteiger partial charge in [-0.3, -0.25) is 10.1 Å². The minimum Gasteiger partial charge on any atom is -0.320 e. The Morgan fingerprint density at radius 1 is 1.32 bits per heavy atom. The van der Waals surface area contributed by atoms with Gasteiger partial charge in [-0.15, -0.1) is 0 Å². The molecule has 98 valence electrons. The van der Waals surface area contributed by atoms with Crippen LogP contribution in [0.1, 0.15) is 24.8 Å². The molecule has 1 aromatic heterocycles. The van der Waals surface area contributed by atoms with Gasteiger partial charge in [-0.1, -0.05) is 36.8 Å². The highest BCUT2D eigenvalue weighted by Crippen LogP contribution is 2.44. The topological polar surface area (TPSA) is 46.9 Å². The van der Waals surface area contributed by atoms with Crippen LogP contribution in [0.4, 0.5) is 5.95 Å². The van der Waals surface area contributed by atoms with E-state index < -0.39 is 0 Å². The lowest BCUT2D eigenvalue weighted by Gasteiger charge is -2.40. The maximum atomic E-state index is 12.6. The average Bonchev–Trinajstić information content (AvgIpc) is 2.75. The third-order valence-electron chi connectivity index (χ3n) is 4.01. The third kappa shape index (κ3) is 1.93. The van der Waals surface area contributed by atoms with Gasteiger partial charge in [-0.25, -0.2) is 4.98 Å². The molecule has 0 saturated heterocycles. The Morgan fingerprint density at radius 3 is 2.58 bits per heavy atom. The van der Waals surface area contributed by atoms with Crippen molar-refractivity contribution in [2.24, 2.45) is 7.05 Å². The molecule has 1 aliphatic carbocycles. The van der Waals surface area contributed by atoms with Crippen LogP contribution in [0.15, 0.2) is 42.7 Å². The predicted octanol–water partition coefficient (Wildman–Crippen LogP) is 2.48. The number of imidazole rings is 1. The normalized spacial score (nSPS) is 16.7. The lowest BCUT2D eigenvalue weighted by molar-refractivity contribution is -0.124. The number of benzene rings is 1. The third-order valence-corrected chi connectivity index (χ3v) is 4.01. The molecule has 0 aliphatic heterocycles. The average molecular weight is 255 g/mol. The number of hydrogen-bond donors (Lipinski definition) is 1. The standard InChI is InChI=1S/C15H17N3O/c1-18-11-10-16-14(18)17-13(19)15(8-5-9-15)12-6-3-2-4-7-12/h2-4,6-7,10-11H,5,8-9H2,1H3,(H,16,17,19). The summed E-state index contributed by atoms with van der Waals surface area (Å²) in [7, 11) is 1.87. The highest BCUT2D eigenvalue weighted by atomic mass is 16.2. The maximum Gasteiger partial charge on any atom is 0.237 e. The van der Waals surface area contributed by atoms with E-state index in [9.17, 15) is 4.79 Å². The molecule has 0 bridgehead atoms. The van der Waals surface area contributed by atoms with Crippen molar-refractivity contribution in [3.8, 4) is 0 Å². The number of hydrogen-bond acceptors (Lipinski definition) is 2. The summed E-state index contributed by atoms with van der Waals surface area (Å²) < 4.78 is 1.81. The molecule has 0 atom stereocenters. The summed E-state index contributed by atoms with van der Waals surface area (Å²) >= 11 is 0. The second kappa shape index (κ2) is 4.53. The van der Waals surface area contributed by atoms with Crippen LogP contribution in [0.25, 0.3) is 0 Å². The molecule has 1 aromatic carbocycles. The van der Waals surface area contributed by atoms with Crippen LogP contribution in [0.2, 0.25) is 0 Å². The smallest absolute Gasteiger partial charge is 0.237 e. The molecule has 4 nitrogen and oxygen atoms in total. The van der Waals surface area contributed by atoms with Crippen LogP contribution in [0.3, 0.4) is 0 Å². The first-order valence-electron chi connectivity index (χ1n) is 6.57. The Balaban J connectivity index is 1.87. The first-order valence-corrected chi connectivity index (χ1v) is 6.57. The summed E-state index contributed by atoms with van der Waals surface area (Å²) in [6.07, 6.45) is 6.43. The lowest BCUT2D eigenvalue weighted by Crippen LogP contribution is -2.46. The number of rotatable bonds is 3. The Kier molecular flexibility index (Phi) is 2.85. The molecule has 0 spiro atoms. The first kappa shape index (κ1) is 12.0. The maximum absolute atomic E-state index is 12.6. The second-order valence-corrected chi connectivity index (χ2v) is 5.12. The SMILES string of the molecule is Cn1ccnc1NC(=O)C1(c2ccccc2)CCC1. The van der Waals surface area contributed by atoms with Crippen LogP contribution in [-0.4, -0.2) is 15.5 Å². The molecule has 0 radical (unpaired) electrons. The van der Waals surface area contributed by atoms with Crippen molar-refractivity contribution in [1.29, 1.82) is 0 Å². The van der Waals surface area contributed by atoms with Crippen molar-refractivity contribution in [3.63, 3.8) is 0 Å². The Hall–Kier alpha value is -2.10. The van der Waals surface area contributed by atoms with Crippen LogP contribution >= 0.6 is 0 Å². The van der Waals surface area contributed by atoms with Gasteiger partial charge >= 0.3 is 0 Å². The number of aryl methyl sites for hydroxylation is 1. The number of nitrogens with one attached hydrogen (secondary N) is 1. The van der Waals surface area contributed by atoms with E-state index in [0.29, 0.717) is 5.95 Å². The van der Waals surface area contributed by atoms with E-state index in [1.807, 2.05) is 48.1 Å². The minimum atomic E-state index is -0.368. The number of carbonyl (C=O) groups is 1. The first-order chi connectivity index (χ1) is 9.22. The fourth-order valence-corrected chi connectivity index (χ4v) is 2.64. The van der Waals surface area contributed by atoms with Crippen LogP contribution < -0.4 is 5.32 Å². The van der Waals surface area contributed by atoms with E-state index in [0.717, 1.165) is 24.8 Å². The molecule has 1 amide bonds. The zero-order valence-electron chi connectivity index (χ0n) is 11.0. The van der Waals surface area contributed by atoms with E-state index in [1.54, 1.807) is 6.20 Å². The van der Waals surface area contributed by atoms with Gasteiger partial charge in [-0.05, 0) is 18.4 Å². The Bertz CT molecular complexity index is 584. The molecule has 0 unspecified atom stereocenters. The summed E-state index contributed by atoms with van der Waals surface area (Å²) in [5.74, 6) is 0.659. The minimum absolute atomic E-state index is 0.0549. The monoisotopic (exact) mass is 255 g/mol. The van der Waals surface area contributed by atoms with Crippen LogP contribution in [0, 0.1) is 0 Å². The zero-order chi connectivity index (χ0) is 13.3. The Morgan fingerprint density at radius 2 is 2.05 bits per heavy atom. The molecule has 4 heteroatoms. The van der Waals surface area contributed by atoms with E-state index in [2.05, 4.69) is 10.3 Å². The van der Waals surface area contributed by atoms with Gasteiger partial charge in [0.1, 0.15) is 0 Å². The van der Waals surface area contributed by atoms with Crippen molar-refractivity contribution in [2.45, 2.75) is 24.7 Å². The quantitative estimate of drug-likeness (QED) is 0.916. The lowest BCUT2D eigenvalue weighted by atomic mass is 9.64. The zero-order valence-corrected chi connectivity index (χ0v) is 11.0. The highest BCUT2D eigenvalue weighted by Gasteiger charge is 2.45. The van der Waals surface area contributed by atoms with Gasteiger partial charge in [0.2, 0.25) is 11.9 Å². The van der Waals surface area contributed by atoms with Gasteiger partial charge in [-0.2, -0.15) is 0 Å². The molecule has 1 N–H and O–H groups in total. The van der Waals surface area contributed by atoms with Gasteiger partial charge in [0, 0.05) is 19.4 Å². The number of amides is 1. The summed E-state index contributed by atoms with van der Waals surface area (Å²) in [5.41, 5.74) is 0.737. The number of nitrogens with zero attached hydrogens (tertiary/aromatic N) is 2. The molecule has 1 heterocycles. The summed E-state index contributed by atoms with van der Waals surface area (Å²) in [4.78, 5) is 16.8. The summed E-state index contributed by atoms with van der Waals surface area (Å²) in [5, 5.41) is 2.94. The molecular weight excluding hydrogens is 238 g/mol. The predicted molar refractivity (Wildman–Crippen MR) is 73.8 cm³/mol. The van der Waals surface area contributed by atoms with Crippen LogP contribution in [0.5, 0.6) is 0 Å². The molecule has 2 aromatic rings. The van der Waals surface area contributed by atoms with Crippen molar-refractivity contribution in [1.82, 2.24) is 9.55 Å².